The molecule has 206 valence electrons. The Balaban J connectivity index is 1.10. The minimum Gasteiger partial charge on any atom is -0.492 e. The van der Waals surface area contributed by atoms with Gasteiger partial charge in [-0.05, 0) is 68.1 Å². The molecule has 1 aromatic heterocycles. The van der Waals surface area contributed by atoms with Crippen LogP contribution >= 0.6 is 0 Å². The summed E-state index contributed by atoms with van der Waals surface area (Å²) in [4.78, 5) is 15.1. The first-order valence-electron chi connectivity index (χ1n) is 13.7. The monoisotopic (exact) mass is 529 g/mol. The number of hydrogen-bond acceptors (Lipinski definition) is 5. The topological polar surface area (TPSA) is 57.9 Å². The molecule has 1 fully saturated rings. The average Bonchev–Trinajstić information content (AvgIpc) is 3.19. The van der Waals surface area contributed by atoms with Gasteiger partial charge in [-0.25, -0.2) is 4.79 Å². The molecule has 7 nitrogen and oxygen atoms in total. The Kier molecular flexibility index (Phi) is 8.10. The van der Waals surface area contributed by atoms with Crippen LogP contribution in [-0.4, -0.2) is 53.0 Å². The van der Waals surface area contributed by atoms with E-state index in [9.17, 15) is 4.79 Å². The number of methoxy groups -OCH3 is 1. The van der Waals surface area contributed by atoms with E-state index < -0.39 is 0 Å². The second kappa shape index (κ2) is 11.7. The van der Waals surface area contributed by atoms with Crippen LogP contribution in [0.15, 0.2) is 71.5 Å². The quantitative estimate of drug-likeness (QED) is 0.286. The van der Waals surface area contributed by atoms with Crippen LogP contribution in [-0.2, 0) is 24.9 Å². The molecule has 39 heavy (non-hydrogen) atoms. The zero-order chi connectivity index (χ0) is 27.4. The average molecular weight is 530 g/mol. The van der Waals surface area contributed by atoms with Gasteiger partial charge in [-0.2, -0.15) is 0 Å². The zero-order valence-electron chi connectivity index (χ0n) is 23.5. The number of ether oxygens (including phenoxy) is 3. The number of rotatable bonds is 10. The number of likely N-dealkylation sites (tertiary alicyclic amines) is 1. The van der Waals surface area contributed by atoms with Gasteiger partial charge in [-0.1, -0.05) is 42.0 Å². The van der Waals surface area contributed by atoms with Crippen LogP contribution in [0.3, 0.4) is 0 Å². The molecule has 0 N–H and O–H groups in total. The number of aromatic nitrogens is 2. The van der Waals surface area contributed by atoms with E-state index in [1.807, 2.05) is 36.4 Å². The SMILES string of the molecule is COC1(COc2ccc(C)cc2C)CCN(Cc2ccc(OCCn3c(=O)n(C)c4ccccc43)cc2)CC1. The molecular weight excluding hydrogens is 490 g/mol. The van der Waals surface area contributed by atoms with Gasteiger partial charge in [0.1, 0.15) is 30.3 Å². The van der Waals surface area contributed by atoms with Crippen molar-refractivity contribution in [2.24, 2.45) is 7.05 Å². The molecule has 0 unspecified atom stereocenters. The molecule has 0 amide bonds. The van der Waals surface area contributed by atoms with Gasteiger partial charge < -0.3 is 14.2 Å². The lowest BCUT2D eigenvalue weighted by Gasteiger charge is -2.40. The Morgan fingerprint density at radius 3 is 2.31 bits per heavy atom. The van der Waals surface area contributed by atoms with Crippen LogP contribution in [0.1, 0.15) is 29.5 Å². The highest BCUT2D eigenvalue weighted by Crippen LogP contribution is 2.29. The third-order valence-electron chi connectivity index (χ3n) is 7.99. The molecule has 5 rings (SSSR count). The molecule has 0 saturated carbocycles. The van der Waals surface area contributed by atoms with Gasteiger partial charge in [0.15, 0.2) is 0 Å². The molecule has 0 atom stereocenters. The van der Waals surface area contributed by atoms with E-state index in [4.69, 9.17) is 14.2 Å². The molecule has 4 aromatic rings. The van der Waals surface area contributed by atoms with Crippen LogP contribution in [0.25, 0.3) is 11.0 Å². The lowest BCUT2D eigenvalue weighted by Crippen LogP contribution is -2.48. The van der Waals surface area contributed by atoms with Crippen LogP contribution in [0.2, 0.25) is 0 Å². The maximum atomic E-state index is 12.6. The minimum atomic E-state index is -0.252. The van der Waals surface area contributed by atoms with E-state index in [0.29, 0.717) is 19.8 Å². The van der Waals surface area contributed by atoms with Crippen molar-refractivity contribution < 1.29 is 14.2 Å². The van der Waals surface area contributed by atoms with Crippen LogP contribution < -0.4 is 15.2 Å². The summed E-state index contributed by atoms with van der Waals surface area (Å²) in [6.07, 6.45) is 1.87. The standard InChI is InChI=1S/C32H39N3O4/c1-24-9-14-30(25(2)21-24)39-23-32(37-4)15-17-34(18-16-32)22-26-10-12-27(13-11-26)38-20-19-35-29-8-6-5-7-28(29)33(3)31(35)36/h5-14,21H,15-20,22-23H2,1-4H3. The van der Waals surface area contributed by atoms with Gasteiger partial charge >= 0.3 is 5.69 Å². The minimum absolute atomic E-state index is 0.0222. The van der Waals surface area contributed by atoms with Crippen LogP contribution in [0.5, 0.6) is 11.5 Å². The Labute approximate surface area is 230 Å². The van der Waals surface area contributed by atoms with Gasteiger partial charge in [-0.3, -0.25) is 14.0 Å². The number of aryl methyl sites for hydroxylation is 3. The van der Waals surface area contributed by atoms with Gasteiger partial charge in [-0.15, -0.1) is 0 Å². The van der Waals surface area contributed by atoms with Crippen molar-refractivity contribution in [1.29, 1.82) is 0 Å². The van der Waals surface area contributed by atoms with Crippen molar-refractivity contribution in [3.63, 3.8) is 0 Å². The Morgan fingerprint density at radius 1 is 0.897 bits per heavy atom. The Hall–Kier alpha value is -3.55. The van der Waals surface area contributed by atoms with Crippen molar-refractivity contribution in [1.82, 2.24) is 14.0 Å². The summed E-state index contributed by atoms with van der Waals surface area (Å²) >= 11 is 0. The molecule has 1 aliphatic rings. The smallest absolute Gasteiger partial charge is 0.328 e. The third-order valence-corrected chi connectivity index (χ3v) is 7.99. The normalized spacial score (nSPS) is 15.5. The van der Waals surface area contributed by atoms with E-state index in [1.54, 1.807) is 23.3 Å². The summed E-state index contributed by atoms with van der Waals surface area (Å²) in [5, 5.41) is 0. The van der Waals surface area contributed by atoms with Crippen molar-refractivity contribution in [2.75, 3.05) is 33.4 Å². The zero-order valence-corrected chi connectivity index (χ0v) is 23.5. The molecule has 1 saturated heterocycles. The predicted octanol–water partition coefficient (Wildman–Crippen LogP) is 5.10. The summed E-state index contributed by atoms with van der Waals surface area (Å²) in [6.45, 7) is 8.51. The molecular formula is C32H39N3O4. The molecule has 3 aromatic carbocycles. The van der Waals surface area contributed by atoms with Crippen molar-refractivity contribution in [3.05, 3.63) is 93.9 Å². The van der Waals surface area contributed by atoms with E-state index in [-0.39, 0.29) is 11.3 Å². The largest absolute Gasteiger partial charge is 0.492 e. The van der Waals surface area contributed by atoms with E-state index in [1.165, 1.54) is 11.1 Å². The highest BCUT2D eigenvalue weighted by Gasteiger charge is 2.35. The van der Waals surface area contributed by atoms with Crippen LogP contribution in [0.4, 0.5) is 0 Å². The number of para-hydroxylation sites is 2. The number of imidazole rings is 1. The predicted molar refractivity (Wildman–Crippen MR) is 155 cm³/mol. The van der Waals surface area contributed by atoms with Crippen molar-refractivity contribution in [3.8, 4) is 11.5 Å². The van der Waals surface area contributed by atoms with Gasteiger partial charge in [0.25, 0.3) is 0 Å². The summed E-state index contributed by atoms with van der Waals surface area (Å²) in [5.41, 5.74) is 5.24. The lowest BCUT2D eigenvalue weighted by atomic mass is 9.91. The molecule has 7 heteroatoms. The summed E-state index contributed by atoms with van der Waals surface area (Å²) in [6, 6.07) is 22.4. The van der Waals surface area contributed by atoms with Gasteiger partial charge in [0, 0.05) is 33.8 Å². The van der Waals surface area contributed by atoms with Crippen LogP contribution in [0, 0.1) is 13.8 Å². The Morgan fingerprint density at radius 2 is 1.62 bits per heavy atom. The first-order valence-corrected chi connectivity index (χ1v) is 13.7. The second-order valence-corrected chi connectivity index (χ2v) is 10.7. The maximum absolute atomic E-state index is 12.6. The molecule has 0 bridgehead atoms. The summed E-state index contributed by atoms with van der Waals surface area (Å²) in [5.74, 6) is 1.75. The molecule has 0 aliphatic carbocycles. The molecule has 1 aliphatic heterocycles. The third kappa shape index (κ3) is 6.05. The number of nitrogens with zero attached hydrogens (tertiary/aromatic N) is 3. The highest BCUT2D eigenvalue weighted by atomic mass is 16.5. The molecule has 0 radical (unpaired) electrons. The van der Waals surface area contributed by atoms with Gasteiger partial charge in [0.2, 0.25) is 0 Å². The number of benzene rings is 3. The first kappa shape index (κ1) is 27.0. The number of fused-ring (bicyclic) bond motifs is 1. The summed E-state index contributed by atoms with van der Waals surface area (Å²) in [7, 11) is 3.61. The Bertz CT molecular complexity index is 1460. The first-order chi connectivity index (χ1) is 18.9. The fourth-order valence-corrected chi connectivity index (χ4v) is 5.48. The molecule has 0 spiro atoms. The van der Waals surface area contributed by atoms with Crippen molar-refractivity contribution in [2.45, 2.75) is 45.4 Å². The highest BCUT2D eigenvalue weighted by molar-refractivity contribution is 5.75. The van der Waals surface area contributed by atoms with Gasteiger partial charge in [0.05, 0.1) is 17.6 Å². The van der Waals surface area contributed by atoms with E-state index in [2.05, 4.69) is 49.1 Å². The summed E-state index contributed by atoms with van der Waals surface area (Å²) < 4.78 is 21.6. The van der Waals surface area contributed by atoms with E-state index >= 15 is 0 Å². The van der Waals surface area contributed by atoms with E-state index in [0.717, 1.165) is 60.6 Å². The molecule has 2 heterocycles. The number of hydrogen-bond donors (Lipinski definition) is 0. The van der Waals surface area contributed by atoms with Crippen molar-refractivity contribution >= 4 is 11.0 Å². The fraction of sp³-hybridized carbons (Fsp3) is 0.406. The fourth-order valence-electron chi connectivity index (χ4n) is 5.48. The lowest BCUT2D eigenvalue weighted by molar-refractivity contribution is -0.0840. The second-order valence-electron chi connectivity index (χ2n) is 10.7. The number of piperidine rings is 1. The maximum Gasteiger partial charge on any atom is 0.328 e.